The monoisotopic (exact) mass is 479 g/mol. The summed E-state index contributed by atoms with van der Waals surface area (Å²) in [5.41, 5.74) is 0.0846. The van der Waals surface area contributed by atoms with Gasteiger partial charge in [0.15, 0.2) is 0 Å². The molecule has 2 aromatic heterocycles. The molecule has 2 N–H and O–H groups in total. The Labute approximate surface area is 199 Å². The van der Waals surface area contributed by atoms with Crippen molar-refractivity contribution >= 4 is 44.2 Å². The van der Waals surface area contributed by atoms with E-state index >= 15 is 0 Å². The van der Waals surface area contributed by atoms with Crippen molar-refractivity contribution in [3.63, 3.8) is 0 Å². The predicted octanol–water partition coefficient (Wildman–Crippen LogP) is 2.98. The van der Waals surface area contributed by atoms with E-state index in [-0.39, 0.29) is 16.9 Å². The number of nitrogens with zero attached hydrogens (tertiary/aromatic N) is 2. The Balaban J connectivity index is 1.99. The zero-order valence-corrected chi connectivity index (χ0v) is 19.9. The highest BCUT2D eigenvalue weighted by Gasteiger charge is 2.26. The van der Waals surface area contributed by atoms with Crippen LogP contribution in [0.1, 0.15) is 34.6 Å². The normalized spacial score (nSPS) is 11.4. The fourth-order valence-corrected chi connectivity index (χ4v) is 5.44. The number of carbonyl (C=O) groups excluding carboxylic acids is 1. The Kier molecular flexibility index (Phi) is 6.39. The molecule has 0 unspecified atom stereocenters. The number of rotatable bonds is 7. The van der Waals surface area contributed by atoms with Crippen molar-refractivity contribution in [1.82, 2.24) is 14.5 Å². The van der Waals surface area contributed by atoms with Crippen LogP contribution < -0.4 is 16.6 Å². The summed E-state index contributed by atoms with van der Waals surface area (Å²) in [5, 5.41) is 13.7. The summed E-state index contributed by atoms with van der Waals surface area (Å²) < 4.78 is 2.54. The van der Waals surface area contributed by atoms with Crippen LogP contribution in [0.15, 0.2) is 52.1 Å². The summed E-state index contributed by atoms with van der Waals surface area (Å²) in [6, 6.07) is 13.8. The molecule has 0 aliphatic carbocycles. The summed E-state index contributed by atoms with van der Waals surface area (Å²) >= 11 is 1.24. The molecule has 0 bridgehead atoms. The Morgan fingerprint density at radius 2 is 1.79 bits per heavy atom. The van der Waals surface area contributed by atoms with Crippen LogP contribution in [0, 0.1) is 5.92 Å². The van der Waals surface area contributed by atoms with E-state index in [0.717, 1.165) is 20.9 Å². The second-order valence-electron chi connectivity index (χ2n) is 8.62. The molecule has 1 amide bonds. The van der Waals surface area contributed by atoms with Gasteiger partial charge in [0.2, 0.25) is 0 Å². The van der Waals surface area contributed by atoms with Gasteiger partial charge in [-0.15, -0.1) is 11.3 Å². The summed E-state index contributed by atoms with van der Waals surface area (Å²) in [6.07, 6.45) is 0.357. The van der Waals surface area contributed by atoms with Crippen molar-refractivity contribution in [2.75, 3.05) is 6.54 Å². The van der Waals surface area contributed by atoms with Crippen LogP contribution in [-0.4, -0.2) is 32.7 Å². The van der Waals surface area contributed by atoms with Gasteiger partial charge < -0.3 is 10.4 Å². The summed E-state index contributed by atoms with van der Waals surface area (Å²) in [5.74, 6) is -1.70. The van der Waals surface area contributed by atoms with Crippen molar-refractivity contribution in [3.05, 3.63) is 79.3 Å². The Bertz CT molecular complexity index is 1540. The molecule has 8 nitrogen and oxygen atoms in total. The number of amides is 1. The summed E-state index contributed by atoms with van der Waals surface area (Å²) in [6.45, 7) is 3.74. The molecule has 0 spiro atoms. The minimum absolute atomic E-state index is 0.131. The van der Waals surface area contributed by atoms with Gasteiger partial charge in [-0.3, -0.25) is 23.5 Å². The number of thiophene rings is 1. The van der Waals surface area contributed by atoms with Gasteiger partial charge in [-0.1, -0.05) is 56.3 Å². The van der Waals surface area contributed by atoms with E-state index in [2.05, 4.69) is 5.32 Å². The lowest BCUT2D eigenvalue weighted by Crippen LogP contribution is -2.39. The standard InChI is InChI=1S/C25H25N3O5S/c1-14(2)13-28-24-21(23(32)27(3)25(28)33)20(22(31)26-12-19(29)30)18(34-24)11-16-9-6-8-15-7-4-5-10-17(15)16/h4-10,14H,11-13H2,1-3H3,(H,26,31)(H,29,30). The van der Waals surface area contributed by atoms with Gasteiger partial charge in [0, 0.05) is 24.9 Å². The molecule has 0 aliphatic heterocycles. The predicted molar refractivity (Wildman–Crippen MR) is 133 cm³/mol. The number of fused-ring (bicyclic) bond motifs is 2. The number of carboxylic acids is 1. The highest BCUT2D eigenvalue weighted by molar-refractivity contribution is 7.19. The van der Waals surface area contributed by atoms with E-state index in [1.54, 1.807) is 0 Å². The van der Waals surface area contributed by atoms with E-state index < -0.39 is 29.7 Å². The number of aliphatic carboxylic acids is 1. The quantitative estimate of drug-likeness (QED) is 0.423. The first kappa shape index (κ1) is 23.4. The van der Waals surface area contributed by atoms with E-state index in [1.165, 1.54) is 23.0 Å². The first-order chi connectivity index (χ1) is 16.2. The number of benzene rings is 2. The number of hydrogen-bond donors (Lipinski definition) is 2. The fraction of sp³-hybridized carbons (Fsp3) is 0.280. The third-order valence-corrected chi connectivity index (χ3v) is 6.86. The molecule has 4 rings (SSSR count). The molecular formula is C25H25N3O5S. The Morgan fingerprint density at radius 3 is 2.50 bits per heavy atom. The summed E-state index contributed by atoms with van der Waals surface area (Å²) in [4.78, 5) is 51.4. The van der Waals surface area contributed by atoms with Gasteiger partial charge in [-0.2, -0.15) is 0 Å². The molecule has 34 heavy (non-hydrogen) atoms. The SMILES string of the molecule is CC(C)Cn1c(=O)n(C)c(=O)c2c(C(=O)NCC(=O)O)c(Cc3cccc4ccccc34)sc21. The molecular weight excluding hydrogens is 454 g/mol. The zero-order valence-electron chi connectivity index (χ0n) is 19.1. The molecule has 0 atom stereocenters. The lowest BCUT2D eigenvalue weighted by molar-refractivity contribution is -0.135. The third-order valence-electron chi connectivity index (χ3n) is 5.65. The maximum absolute atomic E-state index is 13.2. The maximum atomic E-state index is 13.2. The number of aromatic nitrogens is 2. The Morgan fingerprint density at radius 1 is 1.09 bits per heavy atom. The molecule has 2 aromatic carbocycles. The molecule has 4 aromatic rings. The Hall–Kier alpha value is -3.72. The minimum Gasteiger partial charge on any atom is -0.480 e. The molecule has 0 aliphatic rings. The smallest absolute Gasteiger partial charge is 0.331 e. The van der Waals surface area contributed by atoms with Crippen molar-refractivity contribution in [2.45, 2.75) is 26.8 Å². The second-order valence-corrected chi connectivity index (χ2v) is 9.71. The average Bonchev–Trinajstić information content (AvgIpc) is 3.18. The maximum Gasteiger partial charge on any atom is 0.331 e. The van der Waals surface area contributed by atoms with Crippen LogP contribution in [0.5, 0.6) is 0 Å². The molecule has 9 heteroatoms. The van der Waals surface area contributed by atoms with E-state index in [0.29, 0.717) is 22.7 Å². The van der Waals surface area contributed by atoms with E-state index in [9.17, 15) is 19.2 Å². The largest absolute Gasteiger partial charge is 0.480 e. The number of carboxylic acid groups (broad SMARTS) is 1. The summed E-state index contributed by atoms with van der Waals surface area (Å²) in [7, 11) is 1.39. The highest BCUT2D eigenvalue weighted by Crippen LogP contribution is 2.32. The first-order valence-corrected chi connectivity index (χ1v) is 11.7. The van der Waals surface area contributed by atoms with Crippen LogP contribution in [-0.2, 0) is 24.8 Å². The fourth-order valence-electron chi connectivity index (χ4n) is 4.13. The van der Waals surface area contributed by atoms with Crippen LogP contribution in [0.25, 0.3) is 21.0 Å². The number of nitrogens with one attached hydrogen (secondary N) is 1. The molecule has 0 fully saturated rings. The van der Waals surface area contributed by atoms with E-state index in [4.69, 9.17) is 5.11 Å². The minimum atomic E-state index is -1.19. The van der Waals surface area contributed by atoms with Gasteiger partial charge >= 0.3 is 11.7 Å². The highest BCUT2D eigenvalue weighted by atomic mass is 32.1. The van der Waals surface area contributed by atoms with Crippen LogP contribution >= 0.6 is 11.3 Å². The van der Waals surface area contributed by atoms with Crippen molar-refractivity contribution in [1.29, 1.82) is 0 Å². The molecule has 176 valence electrons. The van der Waals surface area contributed by atoms with Gasteiger partial charge in [-0.25, -0.2) is 4.79 Å². The van der Waals surface area contributed by atoms with Crippen LogP contribution in [0.4, 0.5) is 0 Å². The van der Waals surface area contributed by atoms with Crippen LogP contribution in [0.2, 0.25) is 0 Å². The molecule has 2 heterocycles. The van der Waals surface area contributed by atoms with Gasteiger partial charge in [-0.05, 0) is 22.3 Å². The van der Waals surface area contributed by atoms with Gasteiger partial charge in [0.1, 0.15) is 11.4 Å². The second kappa shape index (κ2) is 9.26. The van der Waals surface area contributed by atoms with Crippen molar-refractivity contribution in [2.24, 2.45) is 13.0 Å². The van der Waals surface area contributed by atoms with Crippen molar-refractivity contribution < 1.29 is 14.7 Å². The van der Waals surface area contributed by atoms with Crippen LogP contribution in [0.3, 0.4) is 0 Å². The third kappa shape index (κ3) is 4.26. The molecule has 0 radical (unpaired) electrons. The molecule has 0 saturated heterocycles. The number of hydrogen-bond acceptors (Lipinski definition) is 5. The molecule has 0 saturated carbocycles. The van der Waals surface area contributed by atoms with Crippen molar-refractivity contribution in [3.8, 4) is 0 Å². The lowest BCUT2D eigenvalue weighted by Gasteiger charge is -2.12. The first-order valence-electron chi connectivity index (χ1n) is 10.9. The zero-order chi connectivity index (χ0) is 24.6. The van der Waals surface area contributed by atoms with Gasteiger partial charge in [0.25, 0.3) is 11.5 Å². The average molecular weight is 480 g/mol. The van der Waals surface area contributed by atoms with E-state index in [1.807, 2.05) is 56.3 Å². The number of carbonyl (C=O) groups is 2. The lowest BCUT2D eigenvalue weighted by atomic mass is 9.99. The van der Waals surface area contributed by atoms with Gasteiger partial charge in [0.05, 0.1) is 10.9 Å². The topological polar surface area (TPSA) is 110 Å².